The Kier molecular flexibility index (Phi) is 7.50. The minimum Gasteiger partial charge on any atom is -0.493 e. The van der Waals surface area contributed by atoms with Crippen molar-refractivity contribution >= 4 is 12.0 Å². The Hall–Kier alpha value is -2.82. The minimum absolute atomic E-state index is 0.0240. The van der Waals surface area contributed by atoms with Gasteiger partial charge in [0, 0.05) is 18.7 Å². The molecule has 0 unspecified atom stereocenters. The molecular formula is C25H30FNO3. The molecule has 0 aromatic heterocycles. The molecule has 0 spiro atoms. The van der Waals surface area contributed by atoms with E-state index in [4.69, 9.17) is 9.47 Å². The quantitative estimate of drug-likeness (QED) is 0.530. The van der Waals surface area contributed by atoms with Gasteiger partial charge in [0.05, 0.1) is 13.2 Å². The van der Waals surface area contributed by atoms with Crippen LogP contribution >= 0.6 is 0 Å². The summed E-state index contributed by atoms with van der Waals surface area (Å²) < 4.78 is 24.7. The predicted octanol–water partition coefficient (Wildman–Crippen LogP) is 5.61. The van der Waals surface area contributed by atoms with Crippen LogP contribution in [0.15, 0.2) is 48.5 Å². The van der Waals surface area contributed by atoms with Crippen LogP contribution in [0.3, 0.4) is 0 Å². The van der Waals surface area contributed by atoms with Crippen LogP contribution in [-0.4, -0.2) is 30.1 Å². The van der Waals surface area contributed by atoms with E-state index in [1.807, 2.05) is 36.9 Å². The number of rotatable bonds is 8. The lowest BCUT2D eigenvalue weighted by Crippen LogP contribution is -2.37. The first-order chi connectivity index (χ1) is 14.5. The minimum atomic E-state index is -0.312. The molecule has 0 saturated heterocycles. The van der Waals surface area contributed by atoms with Crippen LogP contribution in [-0.2, 0) is 11.3 Å². The average Bonchev–Trinajstić information content (AvgIpc) is 3.24. The number of hydrogen-bond acceptors (Lipinski definition) is 3. The highest BCUT2D eigenvalue weighted by Gasteiger charge is 2.26. The summed E-state index contributed by atoms with van der Waals surface area (Å²) in [6, 6.07) is 12.3. The van der Waals surface area contributed by atoms with Crippen molar-refractivity contribution in [3.63, 3.8) is 0 Å². The molecule has 30 heavy (non-hydrogen) atoms. The van der Waals surface area contributed by atoms with Crippen LogP contribution in [0.5, 0.6) is 11.5 Å². The molecule has 0 heterocycles. The Morgan fingerprint density at radius 2 is 1.93 bits per heavy atom. The monoisotopic (exact) mass is 411 g/mol. The van der Waals surface area contributed by atoms with Crippen molar-refractivity contribution in [2.24, 2.45) is 0 Å². The van der Waals surface area contributed by atoms with E-state index in [2.05, 4.69) is 0 Å². The van der Waals surface area contributed by atoms with Crippen LogP contribution in [0.25, 0.3) is 6.08 Å². The molecule has 0 atom stereocenters. The van der Waals surface area contributed by atoms with Gasteiger partial charge in [-0.05, 0) is 68.2 Å². The highest BCUT2D eigenvalue weighted by atomic mass is 19.1. The molecule has 2 aromatic carbocycles. The number of amides is 1. The number of carbonyl (C=O) groups excluding carboxylic acids is 1. The standard InChI is InChI=1S/C25H30FNO3/c1-18(2)30-24-16-20(11-13-23(24)29-3)17-27(22-9-4-5-10-22)25(28)14-12-19-7-6-8-21(26)15-19/h6-8,11-16,18,22H,4-5,9-10,17H2,1-3H3. The van der Waals surface area contributed by atoms with Gasteiger partial charge >= 0.3 is 0 Å². The lowest BCUT2D eigenvalue weighted by molar-refractivity contribution is -0.128. The van der Waals surface area contributed by atoms with Gasteiger partial charge < -0.3 is 14.4 Å². The van der Waals surface area contributed by atoms with Gasteiger partial charge in [-0.15, -0.1) is 0 Å². The van der Waals surface area contributed by atoms with E-state index in [0.717, 1.165) is 31.2 Å². The maximum Gasteiger partial charge on any atom is 0.247 e. The molecule has 1 aliphatic carbocycles. The van der Waals surface area contributed by atoms with Crippen LogP contribution in [0.1, 0.15) is 50.7 Å². The van der Waals surface area contributed by atoms with Crippen LogP contribution in [0.4, 0.5) is 4.39 Å². The summed E-state index contributed by atoms with van der Waals surface area (Å²) in [7, 11) is 1.62. The van der Waals surface area contributed by atoms with Crippen molar-refractivity contribution in [2.45, 2.75) is 58.2 Å². The third kappa shape index (κ3) is 5.85. The fourth-order valence-corrected chi connectivity index (χ4v) is 3.84. The van der Waals surface area contributed by atoms with Gasteiger partial charge in [0.25, 0.3) is 0 Å². The molecule has 1 aliphatic rings. The molecule has 0 aliphatic heterocycles. The Balaban J connectivity index is 1.81. The predicted molar refractivity (Wildman–Crippen MR) is 117 cm³/mol. The zero-order valence-electron chi connectivity index (χ0n) is 17.9. The highest BCUT2D eigenvalue weighted by molar-refractivity contribution is 5.92. The Morgan fingerprint density at radius 1 is 1.17 bits per heavy atom. The smallest absolute Gasteiger partial charge is 0.247 e. The number of ether oxygens (including phenoxy) is 2. The van der Waals surface area contributed by atoms with E-state index in [-0.39, 0.29) is 23.9 Å². The first-order valence-corrected chi connectivity index (χ1v) is 10.5. The summed E-state index contributed by atoms with van der Waals surface area (Å²) >= 11 is 0. The van der Waals surface area contributed by atoms with E-state index < -0.39 is 0 Å². The van der Waals surface area contributed by atoms with Crippen LogP contribution in [0.2, 0.25) is 0 Å². The zero-order chi connectivity index (χ0) is 21.5. The zero-order valence-corrected chi connectivity index (χ0v) is 17.9. The molecule has 160 valence electrons. The molecule has 2 aromatic rings. The van der Waals surface area contributed by atoms with Crippen molar-refractivity contribution < 1.29 is 18.7 Å². The summed E-state index contributed by atoms with van der Waals surface area (Å²) in [5.41, 5.74) is 1.66. The largest absolute Gasteiger partial charge is 0.493 e. The van der Waals surface area contributed by atoms with Gasteiger partial charge in [0.2, 0.25) is 5.91 Å². The molecule has 1 saturated carbocycles. The number of halogens is 1. The van der Waals surface area contributed by atoms with Gasteiger partial charge in [-0.25, -0.2) is 4.39 Å². The maximum absolute atomic E-state index is 13.4. The topological polar surface area (TPSA) is 38.8 Å². The van der Waals surface area contributed by atoms with Crippen LogP contribution in [0, 0.1) is 5.82 Å². The summed E-state index contributed by atoms with van der Waals surface area (Å²) in [6.45, 7) is 4.44. The molecule has 0 bridgehead atoms. The molecule has 3 rings (SSSR count). The second-order valence-electron chi connectivity index (χ2n) is 7.94. The van der Waals surface area contributed by atoms with Gasteiger partial charge in [0.15, 0.2) is 11.5 Å². The van der Waals surface area contributed by atoms with Gasteiger partial charge in [-0.3, -0.25) is 4.79 Å². The maximum atomic E-state index is 13.4. The van der Waals surface area contributed by atoms with Gasteiger partial charge in [-0.1, -0.05) is 31.0 Å². The number of methoxy groups -OCH3 is 1. The summed E-state index contributed by atoms with van der Waals surface area (Å²) in [5, 5.41) is 0. The van der Waals surface area contributed by atoms with Crippen molar-refractivity contribution in [1.82, 2.24) is 4.90 Å². The van der Waals surface area contributed by atoms with E-state index in [1.165, 1.54) is 12.1 Å². The lowest BCUT2D eigenvalue weighted by atomic mass is 10.1. The summed E-state index contributed by atoms with van der Waals surface area (Å²) in [6.07, 6.45) is 7.52. The second kappa shape index (κ2) is 10.3. The number of nitrogens with zero attached hydrogens (tertiary/aromatic N) is 1. The number of hydrogen-bond donors (Lipinski definition) is 0. The molecule has 4 nitrogen and oxygen atoms in total. The molecule has 0 N–H and O–H groups in total. The fourth-order valence-electron chi connectivity index (χ4n) is 3.84. The lowest BCUT2D eigenvalue weighted by Gasteiger charge is -2.28. The SMILES string of the molecule is COc1ccc(CN(C(=O)C=Cc2cccc(F)c2)C2CCCC2)cc1OC(C)C. The van der Waals surface area contributed by atoms with E-state index >= 15 is 0 Å². The fraction of sp³-hybridized carbons (Fsp3) is 0.400. The molecular weight excluding hydrogens is 381 g/mol. The first-order valence-electron chi connectivity index (χ1n) is 10.5. The van der Waals surface area contributed by atoms with Crippen molar-refractivity contribution in [3.05, 3.63) is 65.5 Å². The summed E-state index contributed by atoms with van der Waals surface area (Å²) in [5.74, 6) is 0.984. The highest BCUT2D eigenvalue weighted by Crippen LogP contribution is 2.31. The summed E-state index contributed by atoms with van der Waals surface area (Å²) in [4.78, 5) is 15.0. The number of benzene rings is 2. The molecule has 0 radical (unpaired) electrons. The van der Waals surface area contributed by atoms with Gasteiger partial charge in [0.1, 0.15) is 5.82 Å². The molecule has 5 heteroatoms. The third-order valence-corrected chi connectivity index (χ3v) is 5.26. The second-order valence-corrected chi connectivity index (χ2v) is 7.94. The normalized spacial score (nSPS) is 14.4. The van der Waals surface area contributed by atoms with Crippen molar-refractivity contribution in [2.75, 3.05) is 7.11 Å². The van der Waals surface area contributed by atoms with Gasteiger partial charge in [-0.2, -0.15) is 0 Å². The van der Waals surface area contributed by atoms with Crippen LogP contribution < -0.4 is 9.47 Å². The third-order valence-electron chi connectivity index (χ3n) is 5.26. The van der Waals surface area contributed by atoms with E-state index in [0.29, 0.717) is 23.6 Å². The Labute approximate surface area is 178 Å². The number of carbonyl (C=O) groups is 1. The van der Waals surface area contributed by atoms with E-state index in [9.17, 15) is 9.18 Å². The van der Waals surface area contributed by atoms with E-state index in [1.54, 1.807) is 31.4 Å². The Bertz CT molecular complexity index is 888. The Morgan fingerprint density at radius 3 is 2.60 bits per heavy atom. The average molecular weight is 412 g/mol. The molecule has 1 amide bonds. The molecule has 1 fully saturated rings. The first kappa shape index (κ1) is 21.9. The van der Waals surface area contributed by atoms with Crippen molar-refractivity contribution in [1.29, 1.82) is 0 Å². The van der Waals surface area contributed by atoms with Crippen molar-refractivity contribution in [3.8, 4) is 11.5 Å².